The zero-order chi connectivity index (χ0) is 16.5. The summed E-state index contributed by atoms with van der Waals surface area (Å²) in [5, 5.41) is 4.68. The number of aromatic nitrogens is 1. The van der Waals surface area contributed by atoms with E-state index in [1.165, 1.54) is 27.7 Å². The van der Waals surface area contributed by atoms with E-state index in [1.54, 1.807) is 0 Å². The van der Waals surface area contributed by atoms with Crippen LogP contribution < -0.4 is 5.32 Å². The second-order valence-electron chi connectivity index (χ2n) is 7.21. The van der Waals surface area contributed by atoms with Crippen LogP contribution in [-0.4, -0.2) is 16.9 Å². The van der Waals surface area contributed by atoms with Crippen molar-refractivity contribution in [3.05, 3.63) is 47.2 Å². The number of carbonyl (C=O) groups excluding carboxylic acids is 1. The highest BCUT2D eigenvalue weighted by atomic mass is 16.1. The minimum atomic E-state index is 0.172. The highest BCUT2D eigenvalue weighted by Gasteiger charge is 2.26. The molecule has 0 aliphatic heterocycles. The van der Waals surface area contributed by atoms with Crippen LogP contribution in [0.5, 0.6) is 0 Å². The maximum absolute atomic E-state index is 12.5. The molecule has 2 N–H and O–H groups in total. The molecule has 2 aliphatic carbocycles. The van der Waals surface area contributed by atoms with E-state index in [2.05, 4.69) is 47.6 Å². The molecule has 0 saturated heterocycles. The second kappa shape index (κ2) is 6.46. The second-order valence-corrected chi connectivity index (χ2v) is 7.21. The number of H-pyrrole nitrogens is 1. The van der Waals surface area contributed by atoms with Crippen LogP contribution in [0.4, 0.5) is 0 Å². The molecule has 126 valence electrons. The van der Waals surface area contributed by atoms with E-state index < -0.39 is 0 Å². The maximum atomic E-state index is 12.5. The topological polar surface area (TPSA) is 44.9 Å². The van der Waals surface area contributed by atoms with Crippen LogP contribution in [0.1, 0.15) is 49.4 Å². The van der Waals surface area contributed by atoms with Crippen LogP contribution in [0.2, 0.25) is 0 Å². The number of hydrogen-bond acceptors (Lipinski definition) is 1. The van der Waals surface area contributed by atoms with Crippen molar-refractivity contribution in [1.29, 1.82) is 0 Å². The first-order valence-electron chi connectivity index (χ1n) is 9.33. The molecule has 3 heteroatoms. The highest BCUT2D eigenvalue weighted by Crippen LogP contribution is 2.31. The van der Waals surface area contributed by atoms with Gasteiger partial charge < -0.3 is 10.3 Å². The zero-order valence-electron chi connectivity index (χ0n) is 14.4. The molecule has 2 aromatic rings. The zero-order valence-corrected chi connectivity index (χ0v) is 14.4. The fourth-order valence-corrected chi connectivity index (χ4v) is 4.27. The molecule has 24 heavy (non-hydrogen) atoms. The monoisotopic (exact) mass is 322 g/mol. The lowest BCUT2D eigenvalue weighted by atomic mass is 9.89. The van der Waals surface area contributed by atoms with Gasteiger partial charge in [-0.15, -0.1) is 0 Å². The van der Waals surface area contributed by atoms with Crippen molar-refractivity contribution in [3.63, 3.8) is 0 Å². The van der Waals surface area contributed by atoms with E-state index in [1.807, 2.05) is 0 Å². The van der Waals surface area contributed by atoms with Crippen molar-refractivity contribution in [2.75, 3.05) is 0 Å². The molecule has 0 saturated carbocycles. The van der Waals surface area contributed by atoms with Gasteiger partial charge in [0.2, 0.25) is 5.91 Å². The van der Waals surface area contributed by atoms with Crippen LogP contribution >= 0.6 is 0 Å². The summed E-state index contributed by atoms with van der Waals surface area (Å²) in [6, 6.07) is 6.87. The smallest absolute Gasteiger partial charge is 0.223 e. The van der Waals surface area contributed by atoms with Gasteiger partial charge in [-0.1, -0.05) is 37.3 Å². The van der Waals surface area contributed by atoms with Gasteiger partial charge in [0.05, 0.1) is 0 Å². The Bertz CT molecular complexity index is 786. The maximum Gasteiger partial charge on any atom is 0.223 e. The summed E-state index contributed by atoms with van der Waals surface area (Å²) in [5.41, 5.74) is 5.48. The Hall–Kier alpha value is -2.03. The Balaban J connectivity index is 1.53. The highest BCUT2D eigenvalue weighted by molar-refractivity contribution is 5.88. The number of fused-ring (bicyclic) bond motifs is 3. The molecule has 0 radical (unpaired) electrons. The molecule has 1 aromatic heterocycles. The molecule has 0 bridgehead atoms. The summed E-state index contributed by atoms with van der Waals surface area (Å²) in [7, 11) is 0. The van der Waals surface area contributed by atoms with E-state index in [9.17, 15) is 4.79 Å². The molecule has 2 unspecified atom stereocenters. The Labute approximate surface area is 143 Å². The van der Waals surface area contributed by atoms with Gasteiger partial charge in [-0.25, -0.2) is 0 Å². The van der Waals surface area contributed by atoms with Crippen molar-refractivity contribution in [2.24, 2.45) is 5.92 Å². The average Bonchev–Trinajstić information content (AvgIpc) is 3.00. The Kier molecular flexibility index (Phi) is 4.17. The minimum Gasteiger partial charge on any atom is -0.358 e. The third-order valence-electron chi connectivity index (χ3n) is 5.68. The summed E-state index contributed by atoms with van der Waals surface area (Å²) in [6.45, 7) is 2.20. The minimum absolute atomic E-state index is 0.172. The summed E-state index contributed by atoms with van der Waals surface area (Å²) >= 11 is 0. The third kappa shape index (κ3) is 2.77. The van der Waals surface area contributed by atoms with Gasteiger partial charge >= 0.3 is 0 Å². The number of rotatable bonds is 3. The summed E-state index contributed by atoms with van der Waals surface area (Å²) in [6.07, 6.45) is 11.3. The van der Waals surface area contributed by atoms with Crippen LogP contribution in [0, 0.1) is 5.92 Å². The molecular formula is C21H26N2O. The number of allylic oxidation sites excluding steroid dienone is 2. The Morgan fingerprint density at radius 2 is 2.21 bits per heavy atom. The van der Waals surface area contributed by atoms with Gasteiger partial charge in [-0.3, -0.25) is 4.79 Å². The van der Waals surface area contributed by atoms with Gasteiger partial charge in [0.25, 0.3) is 0 Å². The molecule has 0 spiro atoms. The normalized spacial score (nSPS) is 23.2. The van der Waals surface area contributed by atoms with E-state index >= 15 is 0 Å². The lowest BCUT2D eigenvalue weighted by Crippen LogP contribution is -2.42. The predicted octanol–water partition coefficient (Wildman–Crippen LogP) is 4.06. The molecule has 2 aliphatic rings. The lowest BCUT2D eigenvalue weighted by Gasteiger charge is -2.26. The number of carbonyl (C=O) groups is 1. The molecule has 1 aromatic carbocycles. The largest absolute Gasteiger partial charge is 0.358 e. The first-order valence-corrected chi connectivity index (χ1v) is 9.33. The van der Waals surface area contributed by atoms with Crippen LogP contribution in [0.15, 0.2) is 30.4 Å². The molecular weight excluding hydrogens is 296 g/mol. The number of nitrogens with one attached hydrogen (secondary N) is 2. The third-order valence-corrected chi connectivity index (χ3v) is 5.68. The fourth-order valence-electron chi connectivity index (χ4n) is 4.27. The summed E-state index contributed by atoms with van der Waals surface area (Å²) in [4.78, 5) is 16.2. The number of benzene rings is 1. The summed E-state index contributed by atoms with van der Waals surface area (Å²) in [5.74, 6) is 0.424. The van der Waals surface area contributed by atoms with Gasteiger partial charge in [0.15, 0.2) is 0 Å². The van der Waals surface area contributed by atoms with Crippen molar-refractivity contribution < 1.29 is 4.79 Å². The number of hydrogen-bond donors (Lipinski definition) is 2. The first-order chi connectivity index (χ1) is 11.8. The fraction of sp³-hybridized carbons (Fsp3) is 0.476. The lowest BCUT2D eigenvalue weighted by molar-refractivity contribution is -0.126. The number of para-hydroxylation sites is 1. The van der Waals surface area contributed by atoms with Crippen molar-refractivity contribution in [2.45, 2.75) is 57.9 Å². The molecule has 1 amide bonds. The Morgan fingerprint density at radius 3 is 3.00 bits per heavy atom. The quantitative estimate of drug-likeness (QED) is 0.822. The molecule has 4 rings (SSSR count). The van der Waals surface area contributed by atoms with Gasteiger partial charge in [0, 0.05) is 28.6 Å². The predicted molar refractivity (Wildman–Crippen MR) is 98.1 cm³/mol. The van der Waals surface area contributed by atoms with Crippen molar-refractivity contribution in [1.82, 2.24) is 10.3 Å². The number of amides is 1. The SMILES string of the molecule is CCc1cccc2c3c([nH]c12)CCC(NC(=O)C1CC=CCC1)C3. The van der Waals surface area contributed by atoms with Crippen LogP contribution in [-0.2, 0) is 24.1 Å². The van der Waals surface area contributed by atoms with Gasteiger partial charge in [0.1, 0.15) is 0 Å². The Morgan fingerprint density at radius 1 is 1.29 bits per heavy atom. The molecule has 2 atom stereocenters. The van der Waals surface area contributed by atoms with Crippen molar-refractivity contribution >= 4 is 16.8 Å². The molecule has 3 nitrogen and oxygen atoms in total. The van der Waals surface area contributed by atoms with Crippen LogP contribution in [0.3, 0.4) is 0 Å². The molecule has 1 heterocycles. The van der Waals surface area contributed by atoms with E-state index in [-0.39, 0.29) is 17.9 Å². The van der Waals surface area contributed by atoms with E-state index in [0.29, 0.717) is 0 Å². The number of aromatic amines is 1. The first kappa shape index (κ1) is 15.5. The van der Waals surface area contributed by atoms with Gasteiger partial charge in [-0.05, 0) is 56.1 Å². The number of aryl methyl sites for hydroxylation is 2. The molecule has 0 fully saturated rings. The average molecular weight is 322 g/mol. The van der Waals surface area contributed by atoms with Gasteiger partial charge in [-0.2, -0.15) is 0 Å². The van der Waals surface area contributed by atoms with E-state index in [0.717, 1.165) is 44.9 Å². The standard InChI is InChI=1S/C21H26N2O/c1-2-14-9-6-10-17-18-13-16(11-12-19(18)23-20(14)17)22-21(24)15-7-4-3-5-8-15/h3-4,6,9-10,15-16,23H,2,5,7-8,11-13H2,1H3,(H,22,24). The van der Waals surface area contributed by atoms with Crippen molar-refractivity contribution in [3.8, 4) is 0 Å². The van der Waals surface area contributed by atoms with Crippen LogP contribution in [0.25, 0.3) is 10.9 Å². The summed E-state index contributed by atoms with van der Waals surface area (Å²) < 4.78 is 0. The van der Waals surface area contributed by atoms with E-state index in [4.69, 9.17) is 0 Å².